The van der Waals surface area contributed by atoms with Gasteiger partial charge in [0, 0.05) is 5.38 Å². The van der Waals surface area contributed by atoms with E-state index in [0.717, 1.165) is 5.13 Å². The van der Waals surface area contributed by atoms with Gasteiger partial charge in [0.15, 0.2) is 11.0 Å². The average molecular weight is 231 g/mol. The fourth-order valence-electron chi connectivity index (χ4n) is 0.884. The van der Waals surface area contributed by atoms with Crippen LogP contribution in [0, 0.1) is 0 Å². The maximum atomic E-state index is 5.66. The monoisotopic (exact) mass is 230 g/mol. The quantitative estimate of drug-likeness (QED) is 0.850. The molecule has 0 bridgehead atoms. The fraction of sp³-hybridized carbons (Fsp3) is 0.333. The molecule has 0 unspecified atom stereocenters. The van der Waals surface area contributed by atoms with Gasteiger partial charge in [0.25, 0.3) is 0 Å². The molecule has 2 aromatic heterocycles. The number of tetrazole rings is 1. The summed E-state index contributed by atoms with van der Waals surface area (Å²) in [7, 11) is 1.72. The van der Waals surface area contributed by atoms with Crippen LogP contribution in [0.15, 0.2) is 5.38 Å². The van der Waals surface area contributed by atoms with E-state index in [-0.39, 0.29) is 0 Å². The van der Waals surface area contributed by atoms with Gasteiger partial charge >= 0.3 is 0 Å². The molecule has 2 aromatic rings. The molecule has 0 amide bonds. The molecule has 1 N–H and O–H groups in total. The number of hydrogen-bond acceptors (Lipinski definition) is 6. The van der Waals surface area contributed by atoms with Crippen molar-refractivity contribution in [1.82, 2.24) is 25.2 Å². The van der Waals surface area contributed by atoms with Crippen LogP contribution in [0.5, 0.6) is 0 Å². The van der Waals surface area contributed by atoms with Gasteiger partial charge in [-0.1, -0.05) is 11.6 Å². The molecule has 6 nitrogen and oxygen atoms in total. The lowest BCUT2D eigenvalue weighted by atomic mass is 10.6. The summed E-state index contributed by atoms with van der Waals surface area (Å²) >= 11 is 7.10. The second-order valence-corrected chi connectivity index (χ2v) is 3.77. The van der Waals surface area contributed by atoms with Crippen molar-refractivity contribution in [2.75, 3.05) is 5.32 Å². The summed E-state index contributed by atoms with van der Waals surface area (Å²) in [5.41, 5.74) is 0. The number of thiazole rings is 1. The van der Waals surface area contributed by atoms with E-state index in [2.05, 4.69) is 25.7 Å². The van der Waals surface area contributed by atoms with E-state index in [1.54, 1.807) is 12.4 Å². The molecule has 2 rings (SSSR count). The Labute approximate surface area is 88.9 Å². The summed E-state index contributed by atoms with van der Waals surface area (Å²) in [6.45, 7) is 0.498. The van der Waals surface area contributed by atoms with Gasteiger partial charge < -0.3 is 5.32 Å². The number of nitrogens with zero attached hydrogens (tertiary/aromatic N) is 5. The summed E-state index contributed by atoms with van der Waals surface area (Å²) in [5.74, 6) is 0.624. The van der Waals surface area contributed by atoms with Crippen LogP contribution in [-0.2, 0) is 13.6 Å². The van der Waals surface area contributed by atoms with Crippen molar-refractivity contribution in [3.8, 4) is 0 Å². The van der Waals surface area contributed by atoms with E-state index in [1.807, 2.05) is 0 Å². The van der Waals surface area contributed by atoms with Gasteiger partial charge in [0.05, 0.1) is 13.6 Å². The highest BCUT2D eigenvalue weighted by atomic mass is 35.5. The Balaban J connectivity index is 1.94. The maximum Gasteiger partial charge on any atom is 0.193 e. The van der Waals surface area contributed by atoms with E-state index in [4.69, 9.17) is 11.6 Å². The molecule has 0 fully saturated rings. The Morgan fingerprint density at radius 1 is 1.64 bits per heavy atom. The molecule has 74 valence electrons. The van der Waals surface area contributed by atoms with Gasteiger partial charge in [-0.3, -0.25) is 0 Å². The van der Waals surface area contributed by atoms with Crippen LogP contribution >= 0.6 is 22.9 Å². The summed E-state index contributed by atoms with van der Waals surface area (Å²) in [4.78, 5) is 5.43. The lowest BCUT2D eigenvalue weighted by Crippen LogP contribution is -2.01. The predicted octanol–water partition coefficient (Wildman–Crippen LogP) is 0.932. The third-order valence-electron chi connectivity index (χ3n) is 1.42. The summed E-state index contributed by atoms with van der Waals surface area (Å²) < 4.78 is 0. The van der Waals surface area contributed by atoms with Crippen LogP contribution in [0.25, 0.3) is 0 Å². The van der Waals surface area contributed by atoms with Gasteiger partial charge in [0.1, 0.15) is 5.15 Å². The first-order chi connectivity index (χ1) is 6.74. The highest BCUT2D eigenvalue weighted by Crippen LogP contribution is 2.18. The molecule has 0 aliphatic rings. The SMILES string of the molecule is Cn1nnc(CNc2nc(Cl)cs2)n1. The third-order valence-corrected chi connectivity index (χ3v) is 2.55. The van der Waals surface area contributed by atoms with Crippen LogP contribution in [0.1, 0.15) is 5.82 Å². The number of nitrogens with one attached hydrogen (secondary N) is 1. The Morgan fingerprint density at radius 2 is 2.50 bits per heavy atom. The van der Waals surface area contributed by atoms with Crippen LogP contribution in [0.3, 0.4) is 0 Å². The standard InChI is InChI=1S/C6H7ClN6S/c1-13-11-5(10-12-13)2-8-6-9-4(7)3-14-6/h3H,2H2,1H3,(H,8,9). The van der Waals surface area contributed by atoms with Gasteiger partial charge in [-0.05, 0) is 5.21 Å². The van der Waals surface area contributed by atoms with Crippen LogP contribution < -0.4 is 5.32 Å². The molecule has 0 spiro atoms. The predicted molar refractivity (Wildman–Crippen MR) is 53.2 cm³/mol. The molecule has 0 saturated carbocycles. The average Bonchev–Trinajstić information content (AvgIpc) is 2.72. The van der Waals surface area contributed by atoms with Crippen molar-refractivity contribution in [1.29, 1.82) is 0 Å². The topological polar surface area (TPSA) is 68.5 Å². The van der Waals surface area contributed by atoms with E-state index in [0.29, 0.717) is 17.5 Å². The van der Waals surface area contributed by atoms with E-state index in [1.165, 1.54) is 16.1 Å². The van der Waals surface area contributed by atoms with Gasteiger partial charge in [-0.2, -0.15) is 4.80 Å². The van der Waals surface area contributed by atoms with Crippen molar-refractivity contribution >= 4 is 28.1 Å². The van der Waals surface area contributed by atoms with E-state index >= 15 is 0 Å². The number of aryl methyl sites for hydroxylation is 1. The fourth-order valence-corrected chi connectivity index (χ4v) is 1.72. The summed E-state index contributed by atoms with van der Waals surface area (Å²) in [6.07, 6.45) is 0. The summed E-state index contributed by atoms with van der Waals surface area (Å²) in [6, 6.07) is 0. The molecule has 0 aromatic carbocycles. The minimum atomic E-state index is 0.490. The molecule has 2 heterocycles. The number of anilines is 1. The van der Waals surface area contributed by atoms with Crippen LogP contribution in [0.2, 0.25) is 5.15 Å². The van der Waals surface area contributed by atoms with E-state index in [9.17, 15) is 0 Å². The summed E-state index contributed by atoms with van der Waals surface area (Å²) in [5, 5.41) is 17.6. The molecule has 14 heavy (non-hydrogen) atoms. The second kappa shape index (κ2) is 3.89. The number of rotatable bonds is 3. The third kappa shape index (κ3) is 2.18. The normalized spacial score (nSPS) is 10.4. The number of hydrogen-bond donors (Lipinski definition) is 1. The van der Waals surface area contributed by atoms with Gasteiger partial charge in [0.2, 0.25) is 0 Å². The lowest BCUT2D eigenvalue weighted by molar-refractivity contribution is 0.628. The highest BCUT2D eigenvalue weighted by Gasteiger charge is 2.02. The largest absolute Gasteiger partial charge is 0.354 e. The first-order valence-corrected chi connectivity index (χ1v) is 5.07. The van der Waals surface area contributed by atoms with Gasteiger partial charge in [-0.25, -0.2) is 4.98 Å². The maximum absolute atomic E-state index is 5.66. The van der Waals surface area contributed by atoms with E-state index < -0.39 is 0 Å². The Hall–Kier alpha value is -1.21. The highest BCUT2D eigenvalue weighted by molar-refractivity contribution is 7.14. The molecule has 0 radical (unpaired) electrons. The molecule has 0 aliphatic carbocycles. The molecule has 8 heteroatoms. The minimum Gasteiger partial charge on any atom is -0.354 e. The van der Waals surface area contributed by atoms with Crippen molar-refractivity contribution in [3.05, 3.63) is 16.4 Å². The van der Waals surface area contributed by atoms with Gasteiger partial charge in [-0.15, -0.1) is 21.5 Å². The first-order valence-electron chi connectivity index (χ1n) is 3.82. The zero-order valence-corrected chi connectivity index (χ0v) is 8.88. The molecule has 0 atom stereocenters. The second-order valence-electron chi connectivity index (χ2n) is 2.52. The zero-order chi connectivity index (χ0) is 9.97. The van der Waals surface area contributed by atoms with Crippen molar-refractivity contribution in [2.24, 2.45) is 7.05 Å². The lowest BCUT2D eigenvalue weighted by Gasteiger charge is -1.95. The number of halogens is 1. The minimum absolute atomic E-state index is 0.490. The molecule has 0 aliphatic heterocycles. The van der Waals surface area contributed by atoms with Crippen molar-refractivity contribution in [3.63, 3.8) is 0 Å². The molecular formula is C6H7ClN6S. The smallest absolute Gasteiger partial charge is 0.193 e. The Morgan fingerprint density at radius 3 is 3.07 bits per heavy atom. The molecule has 0 saturated heterocycles. The van der Waals surface area contributed by atoms with Crippen molar-refractivity contribution in [2.45, 2.75) is 6.54 Å². The molecular weight excluding hydrogens is 224 g/mol. The first kappa shape index (κ1) is 9.35. The van der Waals surface area contributed by atoms with Crippen molar-refractivity contribution < 1.29 is 0 Å². The van der Waals surface area contributed by atoms with Crippen LogP contribution in [0.4, 0.5) is 5.13 Å². The zero-order valence-electron chi connectivity index (χ0n) is 7.31. The Kier molecular flexibility index (Phi) is 2.60. The van der Waals surface area contributed by atoms with Crippen LogP contribution in [-0.4, -0.2) is 25.2 Å². The Bertz CT molecular complexity index is 383. The number of aromatic nitrogens is 5.